The van der Waals surface area contributed by atoms with Crippen molar-refractivity contribution in [2.75, 3.05) is 6.61 Å². The number of nitrogens with zero attached hydrogens (tertiary/aromatic N) is 1. The van der Waals surface area contributed by atoms with Crippen molar-refractivity contribution in [3.05, 3.63) is 20.8 Å². The average Bonchev–Trinajstić information content (AvgIpc) is 2.32. The highest BCUT2D eigenvalue weighted by Gasteiger charge is 2.04. The Hall–Kier alpha value is -1.90. The molecular formula is C6H5NO5. The first kappa shape index (κ1) is 8.20. The third-order valence-electron chi connectivity index (χ3n) is 0.925. The molecule has 0 N–H and O–H groups in total. The Kier molecular flexibility index (Phi) is 2.38. The normalized spacial score (nSPS) is 9.25. The van der Waals surface area contributed by atoms with E-state index in [4.69, 9.17) is 6.42 Å². The lowest BCUT2D eigenvalue weighted by Gasteiger charge is -1.94. The predicted molar refractivity (Wildman–Crippen MR) is 36.4 cm³/mol. The van der Waals surface area contributed by atoms with Gasteiger partial charge in [0.2, 0.25) is 0 Å². The van der Waals surface area contributed by atoms with Crippen LogP contribution in [0.4, 0.5) is 0 Å². The van der Waals surface area contributed by atoms with Gasteiger partial charge in [0.1, 0.15) is 11.7 Å². The molecule has 1 rings (SSSR count). The second kappa shape index (κ2) is 3.48. The smallest absolute Gasteiger partial charge is 0.356 e. The first-order chi connectivity index (χ1) is 5.74. The SMILES string of the molecule is C#CCCOn1oc(=O)c(=O)o1. The summed E-state index contributed by atoms with van der Waals surface area (Å²) in [6, 6.07) is 0. The maximum absolute atomic E-state index is 10.4. The van der Waals surface area contributed by atoms with Gasteiger partial charge in [-0.2, -0.15) is 0 Å². The van der Waals surface area contributed by atoms with E-state index in [1.54, 1.807) is 0 Å². The summed E-state index contributed by atoms with van der Waals surface area (Å²) in [5.74, 6) is 2.28. The molecule has 1 aromatic heterocycles. The third-order valence-corrected chi connectivity index (χ3v) is 0.925. The van der Waals surface area contributed by atoms with Gasteiger partial charge in [0, 0.05) is 6.42 Å². The van der Waals surface area contributed by atoms with Crippen LogP contribution in [0, 0.1) is 12.3 Å². The van der Waals surface area contributed by atoms with E-state index in [1.165, 1.54) is 0 Å². The minimum absolute atomic E-state index is 0.108. The highest BCUT2D eigenvalue weighted by Crippen LogP contribution is 1.76. The van der Waals surface area contributed by atoms with Crippen molar-refractivity contribution < 1.29 is 13.9 Å². The Morgan fingerprint density at radius 3 is 2.50 bits per heavy atom. The van der Waals surface area contributed by atoms with Gasteiger partial charge in [-0.1, -0.05) is 0 Å². The Labute approximate surface area is 66.2 Å². The van der Waals surface area contributed by atoms with Crippen LogP contribution in [0.25, 0.3) is 0 Å². The molecule has 0 aliphatic carbocycles. The lowest BCUT2D eigenvalue weighted by molar-refractivity contribution is -0.143. The van der Waals surface area contributed by atoms with Gasteiger partial charge in [-0.3, -0.25) is 9.05 Å². The molecule has 1 aromatic rings. The van der Waals surface area contributed by atoms with Crippen LogP contribution in [0.3, 0.4) is 0 Å². The quantitative estimate of drug-likeness (QED) is 0.326. The largest absolute Gasteiger partial charge is 0.449 e. The standard InChI is InChI=1S/C6H5NO5/c1-2-3-4-10-7-11-5(8)6(9)12-7/h1H,3-4H2. The van der Waals surface area contributed by atoms with E-state index in [2.05, 4.69) is 19.8 Å². The summed E-state index contributed by atoms with van der Waals surface area (Å²) in [6.07, 6.45) is 5.23. The summed E-state index contributed by atoms with van der Waals surface area (Å²) in [5, 5.41) is 0.335. The van der Waals surface area contributed by atoms with Crippen molar-refractivity contribution in [3.8, 4) is 12.3 Å². The molecule has 6 heteroatoms. The Bertz CT molecular complexity index is 362. The molecule has 0 fully saturated rings. The van der Waals surface area contributed by atoms with Crippen LogP contribution in [0.2, 0.25) is 0 Å². The van der Waals surface area contributed by atoms with Crippen molar-refractivity contribution in [2.45, 2.75) is 6.42 Å². The second-order valence-electron chi connectivity index (χ2n) is 1.77. The van der Waals surface area contributed by atoms with E-state index in [-0.39, 0.29) is 6.61 Å². The van der Waals surface area contributed by atoms with Crippen molar-refractivity contribution in [1.82, 2.24) is 5.08 Å². The fourth-order valence-electron chi connectivity index (χ4n) is 0.460. The molecule has 6 nitrogen and oxygen atoms in total. The minimum Gasteiger partial charge on any atom is -0.356 e. The second-order valence-corrected chi connectivity index (χ2v) is 1.77. The zero-order valence-corrected chi connectivity index (χ0v) is 5.98. The monoisotopic (exact) mass is 171 g/mol. The maximum Gasteiger partial charge on any atom is 0.449 e. The highest BCUT2D eigenvalue weighted by molar-refractivity contribution is 4.82. The van der Waals surface area contributed by atoms with Crippen LogP contribution in [-0.2, 0) is 0 Å². The van der Waals surface area contributed by atoms with Crippen molar-refractivity contribution in [3.63, 3.8) is 0 Å². The molecule has 1 heterocycles. The summed E-state index contributed by atoms with van der Waals surface area (Å²) < 4.78 is 8.30. The number of rotatable bonds is 3. The Morgan fingerprint density at radius 1 is 1.42 bits per heavy atom. The van der Waals surface area contributed by atoms with Gasteiger partial charge in [-0.15, -0.1) is 12.3 Å². The number of aromatic nitrogens is 1. The summed E-state index contributed by atoms with van der Waals surface area (Å²) >= 11 is 0. The van der Waals surface area contributed by atoms with E-state index in [1.807, 2.05) is 0 Å². The van der Waals surface area contributed by atoms with Gasteiger partial charge in [0.05, 0.1) is 0 Å². The fraction of sp³-hybridized carbons (Fsp3) is 0.333. The average molecular weight is 171 g/mol. The molecule has 12 heavy (non-hydrogen) atoms. The summed E-state index contributed by atoms with van der Waals surface area (Å²) in [6.45, 7) is 0.108. The molecule has 0 aliphatic heterocycles. The minimum atomic E-state index is -1.12. The molecule has 0 unspecified atom stereocenters. The summed E-state index contributed by atoms with van der Waals surface area (Å²) in [4.78, 5) is 25.3. The topological polar surface area (TPSA) is 74.6 Å². The molecule has 0 aliphatic rings. The number of hydrogen-bond donors (Lipinski definition) is 0. The Balaban J connectivity index is 2.60. The molecule has 64 valence electrons. The van der Waals surface area contributed by atoms with Crippen molar-refractivity contribution >= 4 is 0 Å². The molecule has 0 aromatic carbocycles. The van der Waals surface area contributed by atoms with Gasteiger partial charge in [0.15, 0.2) is 0 Å². The first-order valence-electron chi connectivity index (χ1n) is 3.05. The van der Waals surface area contributed by atoms with E-state index >= 15 is 0 Å². The van der Waals surface area contributed by atoms with Crippen LogP contribution < -0.4 is 16.1 Å². The van der Waals surface area contributed by atoms with E-state index in [0.717, 1.165) is 0 Å². The van der Waals surface area contributed by atoms with Crippen molar-refractivity contribution in [2.24, 2.45) is 0 Å². The lowest BCUT2D eigenvalue weighted by Crippen LogP contribution is -2.14. The summed E-state index contributed by atoms with van der Waals surface area (Å²) in [7, 11) is 0. The third kappa shape index (κ3) is 1.79. The van der Waals surface area contributed by atoms with Crippen LogP contribution >= 0.6 is 0 Å². The zero-order chi connectivity index (χ0) is 8.97. The van der Waals surface area contributed by atoms with Gasteiger partial charge < -0.3 is 4.84 Å². The molecule has 0 atom stereocenters. The molecule has 0 spiro atoms. The van der Waals surface area contributed by atoms with Gasteiger partial charge in [-0.05, 0) is 0 Å². The number of terminal acetylenes is 1. The van der Waals surface area contributed by atoms with E-state index in [0.29, 0.717) is 11.5 Å². The van der Waals surface area contributed by atoms with Gasteiger partial charge in [0.25, 0.3) is 0 Å². The van der Waals surface area contributed by atoms with Gasteiger partial charge in [-0.25, -0.2) is 9.59 Å². The lowest BCUT2D eigenvalue weighted by atomic mass is 10.5. The maximum atomic E-state index is 10.4. The molecular weight excluding hydrogens is 166 g/mol. The van der Waals surface area contributed by atoms with Crippen LogP contribution in [0.1, 0.15) is 6.42 Å². The van der Waals surface area contributed by atoms with Gasteiger partial charge >= 0.3 is 11.3 Å². The molecule has 0 saturated carbocycles. The Morgan fingerprint density at radius 2 is 2.00 bits per heavy atom. The number of hydrogen-bond acceptors (Lipinski definition) is 5. The molecule has 0 saturated heterocycles. The highest BCUT2D eigenvalue weighted by atomic mass is 17.0. The fourth-order valence-corrected chi connectivity index (χ4v) is 0.460. The molecule has 0 amide bonds. The van der Waals surface area contributed by atoms with Crippen LogP contribution in [0.5, 0.6) is 0 Å². The molecule has 0 radical (unpaired) electrons. The van der Waals surface area contributed by atoms with E-state index in [9.17, 15) is 9.59 Å². The molecule has 0 bridgehead atoms. The van der Waals surface area contributed by atoms with Crippen molar-refractivity contribution in [1.29, 1.82) is 0 Å². The van der Waals surface area contributed by atoms with Crippen LogP contribution in [0.15, 0.2) is 18.6 Å². The first-order valence-corrected chi connectivity index (χ1v) is 3.05. The predicted octanol–water partition coefficient (Wildman–Crippen LogP) is -1.15. The van der Waals surface area contributed by atoms with Crippen LogP contribution in [-0.4, -0.2) is 11.7 Å². The zero-order valence-electron chi connectivity index (χ0n) is 5.98. The summed E-state index contributed by atoms with van der Waals surface area (Å²) in [5.41, 5.74) is -2.23. The van der Waals surface area contributed by atoms with E-state index < -0.39 is 11.3 Å².